The van der Waals surface area contributed by atoms with Crippen molar-refractivity contribution in [3.8, 4) is 0 Å². The molecule has 0 aromatic heterocycles. The maximum Gasteiger partial charge on any atom is 0.0406 e. The number of halogens is 1. The van der Waals surface area contributed by atoms with Crippen molar-refractivity contribution in [2.75, 3.05) is 19.0 Å². The Balaban J connectivity index is 1.86. The summed E-state index contributed by atoms with van der Waals surface area (Å²) in [5.74, 6) is 0. The van der Waals surface area contributed by atoms with E-state index in [1.807, 2.05) is 38.4 Å². The number of hydrogen-bond donors (Lipinski definition) is 0. The minimum atomic E-state index is 0.771. The first-order chi connectivity index (χ1) is 10.1. The summed E-state index contributed by atoms with van der Waals surface area (Å²) in [4.78, 5) is 2.10. The molecule has 0 aliphatic carbocycles. The van der Waals surface area contributed by atoms with Gasteiger partial charge in [-0.3, -0.25) is 0 Å². The van der Waals surface area contributed by atoms with Crippen LogP contribution in [-0.2, 0) is 0 Å². The predicted octanol–water partition coefficient (Wildman–Crippen LogP) is 5.52. The van der Waals surface area contributed by atoms with E-state index >= 15 is 0 Å². The summed E-state index contributed by atoms with van der Waals surface area (Å²) in [5.41, 5.74) is 3.61. The van der Waals surface area contributed by atoms with E-state index in [4.69, 9.17) is 11.6 Å². The van der Waals surface area contributed by atoms with Gasteiger partial charge >= 0.3 is 0 Å². The van der Waals surface area contributed by atoms with Crippen molar-refractivity contribution in [2.24, 2.45) is 0 Å². The first-order valence-corrected chi connectivity index (χ1v) is 7.39. The molecular formula is C19H20ClN. The maximum absolute atomic E-state index is 5.86. The standard InChI is InChI=1S/C19H20ClN/c1-21(2)19-14-10-17(11-15-19)7-5-3-4-6-16-8-12-18(20)13-9-16/h4-15H,3H2,1-2H3/b6-4+,7-5+. The highest BCUT2D eigenvalue weighted by molar-refractivity contribution is 6.30. The van der Waals surface area contributed by atoms with E-state index in [-0.39, 0.29) is 0 Å². The third-order valence-corrected chi connectivity index (χ3v) is 3.42. The number of hydrogen-bond acceptors (Lipinski definition) is 1. The number of benzene rings is 2. The van der Waals surface area contributed by atoms with Crippen LogP contribution in [-0.4, -0.2) is 14.1 Å². The Labute approximate surface area is 132 Å². The maximum atomic E-state index is 5.86. The van der Waals surface area contributed by atoms with E-state index in [2.05, 4.69) is 53.5 Å². The molecule has 0 heterocycles. The van der Waals surface area contributed by atoms with Crippen LogP contribution in [0.1, 0.15) is 17.5 Å². The van der Waals surface area contributed by atoms with Gasteiger partial charge in [-0.1, -0.05) is 60.2 Å². The van der Waals surface area contributed by atoms with Crippen LogP contribution in [0.3, 0.4) is 0 Å². The highest BCUT2D eigenvalue weighted by Gasteiger charge is 1.93. The van der Waals surface area contributed by atoms with Gasteiger partial charge in [0.1, 0.15) is 0 Å². The Morgan fingerprint density at radius 3 is 1.76 bits per heavy atom. The molecule has 2 rings (SSSR count). The Bertz CT molecular complexity index is 607. The van der Waals surface area contributed by atoms with E-state index in [9.17, 15) is 0 Å². The molecule has 21 heavy (non-hydrogen) atoms. The van der Waals surface area contributed by atoms with Gasteiger partial charge < -0.3 is 4.90 Å². The Morgan fingerprint density at radius 2 is 1.29 bits per heavy atom. The van der Waals surface area contributed by atoms with Crippen molar-refractivity contribution < 1.29 is 0 Å². The minimum Gasteiger partial charge on any atom is -0.378 e. The minimum absolute atomic E-state index is 0.771. The number of rotatable bonds is 5. The monoisotopic (exact) mass is 297 g/mol. The molecule has 0 unspecified atom stereocenters. The smallest absolute Gasteiger partial charge is 0.0406 e. The molecule has 0 fully saturated rings. The molecule has 2 aromatic carbocycles. The van der Waals surface area contributed by atoms with Crippen molar-refractivity contribution in [1.29, 1.82) is 0 Å². The second kappa shape index (κ2) is 7.70. The van der Waals surface area contributed by atoms with Gasteiger partial charge in [0.05, 0.1) is 0 Å². The van der Waals surface area contributed by atoms with Gasteiger partial charge in [-0.15, -0.1) is 0 Å². The molecule has 0 bridgehead atoms. The van der Waals surface area contributed by atoms with Crippen LogP contribution in [0.4, 0.5) is 5.69 Å². The molecule has 0 aliphatic rings. The summed E-state index contributed by atoms with van der Waals surface area (Å²) in [6, 6.07) is 16.4. The molecule has 0 spiro atoms. The van der Waals surface area contributed by atoms with Gasteiger partial charge in [0.15, 0.2) is 0 Å². The summed E-state index contributed by atoms with van der Waals surface area (Å²) < 4.78 is 0. The largest absolute Gasteiger partial charge is 0.378 e. The van der Waals surface area contributed by atoms with Crippen LogP contribution in [0.2, 0.25) is 5.02 Å². The summed E-state index contributed by atoms with van der Waals surface area (Å²) in [6.45, 7) is 0. The van der Waals surface area contributed by atoms with Gasteiger partial charge in [0.25, 0.3) is 0 Å². The molecule has 0 N–H and O–H groups in total. The van der Waals surface area contributed by atoms with E-state index in [1.54, 1.807) is 0 Å². The lowest BCUT2D eigenvalue weighted by Crippen LogP contribution is -2.07. The molecule has 0 saturated heterocycles. The summed E-state index contributed by atoms with van der Waals surface area (Å²) in [7, 11) is 4.10. The van der Waals surface area contributed by atoms with E-state index in [0.29, 0.717) is 0 Å². The summed E-state index contributed by atoms with van der Waals surface area (Å²) in [5, 5.41) is 0.771. The topological polar surface area (TPSA) is 3.24 Å². The predicted molar refractivity (Wildman–Crippen MR) is 94.9 cm³/mol. The highest BCUT2D eigenvalue weighted by atomic mass is 35.5. The number of anilines is 1. The molecule has 2 heteroatoms. The van der Waals surface area contributed by atoms with Crippen LogP contribution in [0.15, 0.2) is 60.7 Å². The Kier molecular flexibility index (Phi) is 5.65. The molecule has 2 aromatic rings. The molecule has 0 radical (unpaired) electrons. The summed E-state index contributed by atoms with van der Waals surface area (Å²) >= 11 is 5.86. The molecule has 0 atom stereocenters. The van der Waals surface area contributed by atoms with Crippen LogP contribution >= 0.6 is 11.6 Å². The van der Waals surface area contributed by atoms with Crippen molar-refractivity contribution in [3.05, 3.63) is 76.8 Å². The van der Waals surface area contributed by atoms with Gasteiger partial charge in [0, 0.05) is 24.8 Å². The fourth-order valence-corrected chi connectivity index (χ4v) is 2.07. The van der Waals surface area contributed by atoms with E-state index in [1.165, 1.54) is 16.8 Å². The van der Waals surface area contributed by atoms with Gasteiger partial charge in [-0.05, 0) is 41.8 Å². The van der Waals surface area contributed by atoms with Crippen molar-refractivity contribution in [3.63, 3.8) is 0 Å². The third kappa shape index (κ3) is 5.13. The van der Waals surface area contributed by atoms with Crippen LogP contribution in [0.5, 0.6) is 0 Å². The molecule has 1 nitrogen and oxygen atoms in total. The zero-order valence-electron chi connectivity index (χ0n) is 12.5. The third-order valence-electron chi connectivity index (χ3n) is 3.17. The molecule has 108 valence electrons. The average Bonchev–Trinajstić information content (AvgIpc) is 2.49. The average molecular weight is 298 g/mol. The molecule has 0 saturated carbocycles. The van der Waals surface area contributed by atoms with Crippen molar-refractivity contribution >= 4 is 29.4 Å². The van der Waals surface area contributed by atoms with Crippen LogP contribution < -0.4 is 4.90 Å². The quantitative estimate of drug-likeness (QED) is 0.702. The highest BCUT2D eigenvalue weighted by Crippen LogP contribution is 2.14. The zero-order chi connectivity index (χ0) is 15.1. The SMILES string of the molecule is CN(C)c1ccc(/C=C/C/C=C/c2ccc(Cl)cc2)cc1. The summed E-state index contributed by atoms with van der Waals surface area (Å²) in [6.07, 6.45) is 9.48. The Hall–Kier alpha value is -1.99. The lowest BCUT2D eigenvalue weighted by Gasteiger charge is -2.11. The number of nitrogens with zero attached hydrogens (tertiary/aromatic N) is 1. The van der Waals surface area contributed by atoms with Crippen LogP contribution in [0.25, 0.3) is 12.2 Å². The normalized spacial score (nSPS) is 11.4. The zero-order valence-corrected chi connectivity index (χ0v) is 13.2. The van der Waals surface area contributed by atoms with Gasteiger partial charge in [-0.2, -0.15) is 0 Å². The fourth-order valence-electron chi connectivity index (χ4n) is 1.94. The lowest BCUT2D eigenvalue weighted by atomic mass is 10.1. The van der Waals surface area contributed by atoms with Gasteiger partial charge in [0.2, 0.25) is 0 Å². The molecule has 0 aliphatic heterocycles. The molecule has 0 amide bonds. The number of allylic oxidation sites excluding steroid dienone is 2. The van der Waals surface area contributed by atoms with Crippen molar-refractivity contribution in [2.45, 2.75) is 6.42 Å². The van der Waals surface area contributed by atoms with E-state index < -0.39 is 0 Å². The van der Waals surface area contributed by atoms with Crippen molar-refractivity contribution in [1.82, 2.24) is 0 Å². The van der Waals surface area contributed by atoms with Gasteiger partial charge in [-0.25, -0.2) is 0 Å². The Morgan fingerprint density at radius 1 is 0.810 bits per heavy atom. The second-order valence-electron chi connectivity index (χ2n) is 5.08. The first kappa shape index (κ1) is 15.4. The fraction of sp³-hybridized carbons (Fsp3) is 0.158. The van der Waals surface area contributed by atoms with E-state index in [0.717, 1.165) is 11.4 Å². The first-order valence-electron chi connectivity index (χ1n) is 7.01. The molecular weight excluding hydrogens is 278 g/mol. The van der Waals surface area contributed by atoms with Crippen LogP contribution in [0, 0.1) is 0 Å². The second-order valence-corrected chi connectivity index (χ2v) is 5.51. The lowest BCUT2D eigenvalue weighted by molar-refractivity contribution is 1.13.